The number of hydrogen-bond donors (Lipinski definition) is 2. The number of aromatic nitrogens is 2. The van der Waals surface area contributed by atoms with Gasteiger partial charge < -0.3 is 15.5 Å². The molecule has 6 heteroatoms. The molecule has 2 aromatic heterocycles. The number of nitrogens with one attached hydrogen (secondary N) is 1. The van der Waals surface area contributed by atoms with E-state index in [0.717, 1.165) is 55.4 Å². The average molecular weight is 329 g/mol. The van der Waals surface area contributed by atoms with Gasteiger partial charge in [-0.05, 0) is 50.8 Å². The number of nitrogens with two attached hydrogens (primary N) is 1. The number of likely N-dealkylation sites (tertiary alicyclic amines) is 1. The fourth-order valence-corrected chi connectivity index (χ4v) is 3.42. The summed E-state index contributed by atoms with van der Waals surface area (Å²) in [5, 5.41) is 3.50. The molecule has 130 valence electrons. The van der Waals surface area contributed by atoms with E-state index >= 15 is 0 Å². The standard InChI is InChI=1S/C18H27N5O/c1-3-16-13(2)17(22-18(19)21-16)20-10-14-6-4-8-23(11-14)12-15-7-5-9-24-15/h5,7,9,14H,3-4,6,8,10-12H2,1-2H3,(H3,19,20,21,22)/t14-/m1/s1. The van der Waals surface area contributed by atoms with Gasteiger partial charge in [0.25, 0.3) is 0 Å². The van der Waals surface area contributed by atoms with Crippen molar-refractivity contribution in [2.75, 3.05) is 30.7 Å². The Morgan fingerprint density at radius 3 is 3.04 bits per heavy atom. The number of hydrogen-bond acceptors (Lipinski definition) is 6. The fraction of sp³-hybridized carbons (Fsp3) is 0.556. The van der Waals surface area contributed by atoms with E-state index in [0.29, 0.717) is 11.9 Å². The summed E-state index contributed by atoms with van der Waals surface area (Å²) in [4.78, 5) is 11.1. The smallest absolute Gasteiger partial charge is 0.222 e. The highest BCUT2D eigenvalue weighted by molar-refractivity contribution is 5.48. The fourth-order valence-electron chi connectivity index (χ4n) is 3.42. The Morgan fingerprint density at radius 1 is 1.42 bits per heavy atom. The Labute approximate surface area is 143 Å². The monoisotopic (exact) mass is 329 g/mol. The maximum atomic E-state index is 5.83. The van der Waals surface area contributed by atoms with Crippen molar-refractivity contribution in [1.29, 1.82) is 0 Å². The van der Waals surface area contributed by atoms with E-state index in [9.17, 15) is 0 Å². The van der Waals surface area contributed by atoms with Crippen LogP contribution < -0.4 is 11.1 Å². The summed E-state index contributed by atoms with van der Waals surface area (Å²) >= 11 is 0. The number of nitrogens with zero attached hydrogens (tertiary/aromatic N) is 3. The third-order valence-corrected chi connectivity index (χ3v) is 4.72. The first-order chi connectivity index (χ1) is 11.7. The van der Waals surface area contributed by atoms with Gasteiger partial charge in [0.15, 0.2) is 0 Å². The molecule has 3 heterocycles. The lowest BCUT2D eigenvalue weighted by molar-refractivity contribution is 0.162. The maximum absolute atomic E-state index is 5.83. The molecule has 2 aromatic rings. The molecule has 3 rings (SSSR count). The van der Waals surface area contributed by atoms with E-state index in [1.807, 2.05) is 12.1 Å². The molecule has 1 atom stereocenters. The first kappa shape index (κ1) is 16.8. The Bertz CT molecular complexity index is 656. The van der Waals surface area contributed by atoms with Crippen molar-refractivity contribution in [2.24, 2.45) is 5.92 Å². The molecule has 0 aliphatic carbocycles. The summed E-state index contributed by atoms with van der Waals surface area (Å²) in [6, 6.07) is 3.99. The largest absolute Gasteiger partial charge is 0.468 e. The minimum atomic E-state index is 0.350. The zero-order chi connectivity index (χ0) is 16.9. The van der Waals surface area contributed by atoms with Gasteiger partial charge in [-0.1, -0.05) is 6.92 Å². The Morgan fingerprint density at radius 2 is 2.29 bits per heavy atom. The number of aryl methyl sites for hydroxylation is 1. The summed E-state index contributed by atoms with van der Waals surface area (Å²) in [5.41, 5.74) is 7.96. The topological polar surface area (TPSA) is 80.2 Å². The van der Waals surface area contributed by atoms with Gasteiger partial charge in [0.1, 0.15) is 11.6 Å². The molecule has 0 spiro atoms. The Kier molecular flexibility index (Phi) is 5.35. The SMILES string of the molecule is CCc1nc(N)nc(NC[C@H]2CCCN(Cc3ccco3)C2)c1C. The summed E-state index contributed by atoms with van der Waals surface area (Å²) < 4.78 is 5.47. The molecule has 0 saturated carbocycles. The molecule has 1 aliphatic heterocycles. The van der Waals surface area contributed by atoms with Crippen molar-refractivity contribution < 1.29 is 4.42 Å². The normalized spacial score (nSPS) is 18.7. The van der Waals surface area contributed by atoms with Crippen LogP contribution in [0.25, 0.3) is 0 Å². The van der Waals surface area contributed by atoms with Gasteiger partial charge in [0.2, 0.25) is 5.95 Å². The van der Waals surface area contributed by atoms with E-state index in [2.05, 4.69) is 34.0 Å². The van der Waals surface area contributed by atoms with Crippen molar-refractivity contribution in [2.45, 2.75) is 39.7 Å². The van der Waals surface area contributed by atoms with Gasteiger partial charge in [0, 0.05) is 18.7 Å². The van der Waals surface area contributed by atoms with Crippen molar-refractivity contribution >= 4 is 11.8 Å². The summed E-state index contributed by atoms with van der Waals surface area (Å²) in [6.45, 7) is 8.17. The minimum absolute atomic E-state index is 0.350. The molecule has 0 radical (unpaired) electrons. The molecule has 0 bridgehead atoms. The average Bonchev–Trinajstić information content (AvgIpc) is 3.08. The maximum Gasteiger partial charge on any atom is 0.222 e. The quantitative estimate of drug-likeness (QED) is 0.848. The van der Waals surface area contributed by atoms with Gasteiger partial charge in [-0.25, -0.2) is 4.98 Å². The third-order valence-electron chi connectivity index (χ3n) is 4.72. The van der Waals surface area contributed by atoms with E-state index in [1.165, 1.54) is 12.8 Å². The predicted molar refractivity (Wildman–Crippen MR) is 95.8 cm³/mol. The molecule has 0 aromatic carbocycles. The van der Waals surface area contributed by atoms with Crippen molar-refractivity contribution in [1.82, 2.24) is 14.9 Å². The van der Waals surface area contributed by atoms with Crippen LogP contribution in [-0.4, -0.2) is 34.5 Å². The molecule has 1 saturated heterocycles. The molecule has 0 unspecified atom stereocenters. The van der Waals surface area contributed by atoms with Crippen LogP contribution in [-0.2, 0) is 13.0 Å². The lowest BCUT2D eigenvalue weighted by atomic mass is 9.98. The van der Waals surface area contributed by atoms with Gasteiger partial charge in [0.05, 0.1) is 18.5 Å². The van der Waals surface area contributed by atoms with Gasteiger partial charge in [-0.15, -0.1) is 0 Å². The van der Waals surface area contributed by atoms with Crippen LogP contribution in [0.2, 0.25) is 0 Å². The Hall–Kier alpha value is -2.08. The van der Waals surface area contributed by atoms with Crippen molar-refractivity contribution in [3.05, 3.63) is 35.4 Å². The number of nitrogen functional groups attached to an aromatic ring is 1. The predicted octanol–water partition coefficient (Wildman–Crippen LogP) is 2.85. The highest BCUT2D eigenvalue weighted by Gasteiger charge is 2.21. The molecule has 1 fully saturated rings. The molecule has 6 nitrogen and oxygen atoms in total. The summed E-state index contributed by atoms with van der Waals surface area (Å²) in [7, 11) is 0. The molecule has 3 N–H and O–H groups in total. The second-order valence-electron chi connectivity index (χ2n) is 6.56. The van der Waals surface area contributed by atoms with E-state index in [1.54, 1.807) is 6.26 Å². The van der Waals surface area contributed by atoms with Crippen molar-refractivity contribution in [3.63, 3.8) is 0 Å². The van der Waals surface area contributed by atoms with Crippen LogP contribution in [0.3, 0.4) is 0 Å². The van der Waals surface area contributed by atoms with Crippen molar-refractivity contribution in [3.8, 4) is 0 Å². The highest BCUT2D eigenvalue weighted by Crippen LogP contribution is 2.21. The second-order valence-corrected chi connectivity index (χ2v) is 6.56. The van der Waals surface area contributed by atoms with Gasteiger partial charge >= 0.3 is 0 Å². The first-order valence-electron chi connectivity index (χ1n) is 8.77. The summed E-state index contributed by atoms with van der Waals surface area (Å²) in [5.74, 6) is 2.87. The zero-order valence-electron chi connectivity index (χ0n) is 14.6. The summed E-state index contributed by atoms with van der Waals surface area (Å²) in [6.07, 6.45) is 5.07. The van der Waals surface area contributed by atoms with Gasteiger partial charge in [-0.3, -0.25) is 4.90 Å². The van der Waals surface area contributed by atoms with Crippen LogP contribution in [0.4, 0.5) is 11.8 Å². The lowest BCUT2D eigenvalue weighted by Gasteiger charge is -2.32. The molecular formula is C18H27N5O. The van der Waals surface area contributed by atoms with Crippen LogP contribution in [0.15, 0.2) is 22.8 Å². The van der Waals surface area contributed by atoms with Crippen LogP contribution in [0.5, 0.6) is 0 Å². The molecule has 0 amide bonds. The molecular weight excluding hydrogens is 302 g/mol. The number of rotatable bonds is 6. The highest BCUT2D eigenvalue weighted by atomic mass is 16.3. The molecule has 1 aliphatic rings. The minimum Gasteiger partial charge on any atom is -0.468 e. The number of anilines is 2. The third kappa shape index (κ3) is 4.06. The number of piperidine rings is 1. The van der Waals surface area contributed by atoms with E-state index < -0.39 is 0 Å². The van der Waals surface area contributed by atoms with E-state index in [4.69, 9.17) is 10.2 Å². The van der Waals surface area contributed by atoms with Crippen LogP contribution in [0, 0.1) is 12.8 Å². The Balaban J connectivity index is 1.57. The molecule has 24 heavy (non-hydrogen) atoms. The lowest BCUT2D eigenvalue weighted by Crippen LogP contribution is -2.37. The first-order valence-corrected chi connectivity index (χ1v) is 8.77. The van der Waals surface area contributed by atoms with Crippen LogP contribution >= 0.6 is 0 Å². The number of furan rings is 1. The van der Waals surface area contributed by atoms with E-state index in [-0.39, 0.29) is 0 Å². The van der Waals surface area contributed by atoms with Crippen LogP contribution in [0.1, 0.15) is 36.8 Å². The second kappa shape index (κ2) is 7.66. The zero-order valence-corrected chi connectivity index (χ0v) is 14.6. The van der Waals surface area contributed by atoms with Gasteiger partial charge in [-0.2, -0.15) is 4.98 Å².